The molecule has 0 unspecified atom stereocenters. The highest BCUT2D eigenvalue weighted by Crippen LogP contribution is 2.35. The Bertz CT molecular complexity index is 1090. The molecule has 0 aromatic heterocycles. The van der Waals surface area contributed by atoms with Gasteiger partial charge in [0.25, 0.3) is 11.6 Å². The topological polar surface area (TPSA) is 93.8 Å². The largest absolute Gasteiger partial charge is 0.497 e. The van der Waals surface area contributed by atoms with Crippen molar-refractivity contribution in [2.45, 2.75) is 9.79 Å². The van der Waals surface area contributed by atoms with E-state index in [9.17, 15) is 14.9 Å². The number of methoxy groups -OCH3 is 1. The summed E-state index contributed by atoms with van der Waals surface area (Å²) in [6.07, 6.45) is 1.35. The first kappa shape index (κ1) is 21.4. The molecule has 0 saturated carbocycles. The zero-order chi connectivity index (χ0) is 21.5. The van der Waals surface area contributed by atoms with E-state index in [1.807, 2.05) is 0 Å². The van der Waals surface area contributed by atoms with Crippen LogP contribution in [-0.2, 0) is 0 Å². The van der Waals surface area contributed by atoms with Crippen LogP contribution in [0, 0.1) is 10.1 Å². The molecule has 0 spiro atoms. The molecule has 0 heterocycles. The van der Waals surface area contributed by atoms with Crippen molar-refractivity contribution in [3.05, 3.63) is 93.0 Å². The van der Waals surface area contributed by atoms with Crippen LogP contribution in [0.2, 0.25) is 5.02 Å². The van der Waals surface area contributed by atoms with Crippen molar-refractivity contribution in [3.8, 4) is 5.75 Å². The third-order valence-electron chi connectivity index (χ3n) is 3.95. The van der Waals surface area contributed by atoms with Gasteiger partial charge in [0.05, 0.1) is 23.1 Å². The Morgan fingerprint density at radius 2 is 1.83 bits per heavy atom. The van der Waals surface area contributed by atoms with Crippen molar-refractivity contribution in [1.82, 2.24) is 5.43 Å². The van der Waals surface area contributed by atoms with Gasteiger partial charge in [0, 0.05) is 27.1 Å². The number of nitrogens with one attached hydrogen (secondary N) is 1. The van der Waals surface area contributed by atoms with E-state index in [0.717, 1.165) is 4.90 Å². The van der Waals surface area contributed by atoms with E-state index >= 15 is 0 Å². The Kier molecular flexibility index (Phi) is 7.05. The van der Waals surface area contributed by atoms with E-state index in [1.165, 1.54) is 31.2 Å². The van der Waals surface area contributed by atoms with Crippen molar-refractivity contribution >= 4 is 41.2 Å². The third-order valence-corrected chi connectivity index (χ3v) is 5.28. The van der Waals surface area contributed by atoms with Gasteiger partial charge in [-0.15, -0.1) is 0 Å². The molecule has 7 nitrogen and oxygen atoms in total. The molecule has 0 radical (unpaired) electrons. The van der Waals surface area contributed by atoms with Crippen LogP contribution in [-0.4, -0.2) is 24.2 Å². The van der Waals surface area contributed by atoms with Crippen LogP contribution in [0.1, 0.15) is 15.9 Å². The molecular weight excluding hydrogens is 426 g/mol. The Morgan fingerprint density at radius 3 is 2.47 bits per heavy atom. The number of rotatable bonds is 7. The highest BCUT2D eigenvalue weighted by molar-refractivity contribution is 7.99. The zero-order valence-corrected chi connectivity index (χ0v) is 17.3. The van der Waals surface area contributed by atoms with Gasteiger partial charge in [0.2, 0.25) is 0 Å². The van der Waals surface area contributed by atoms with Gasteiger partial charge in [0.1, 0.15) is 5.75 Å². The standard InChI is InChI=1S/C21H16ClN3O4S/c1-29-17-7-3-15(4-8-17)21(26)24-23-13-14-2-11-20(19(12-14)25(27)28)30-18-9-5-16(22)6-10-18/h2-13H,1H3,(H,24,26)/b23-13+. The molecule has 9 heteroatoms. The Morgan fingerprint density at radius 1 is 1.13 bits per heavy atom. The van der Waals surface area contributed by atoms with Gasteiger partial charge in [-0.1, -0.05) is 29.4 Å². The maximum absolute atomic E-state index is 12.1. The second kappa shape index (κ2) is 9.91. The van der Waals surface area contributed by atoms with Gasteiger partial charge >= 0.3 is 0 Å². The minimum absolute atomic E-state index is 0.0552. The molecule has 0 aliphatic rings. The number of hydrogen-bond acceptors (Lipinski definition) is 6. The zero-order valence-electron chi connectivity index (χ0n) is 15.7. The molecule has 0 bridgehead atoms. The predicted molar refractivity (Wildman–Crippen MR) is 117 cm³/mol. The lowest BCUT2D eigenvalue weighted by Crippen LogP contribution is -2.17. The van der Waals surface area contributed by atoms with Crippen LogP contribution in [0.4, 0.5) is 5.69 Å². The van der Waals surface area contributed by atoms with Gasteiger partial charge in [0.15, 0.2) is 0 Å². The quantitative estimate of drug-likeness (QED) is 0.310. The average Bonchev–Trinajstić information content (AvgIpc) is 2.76. The first-order valence-electron chi connectivity index (χ1n) is 8.65. The first-order valence-corrected chi connectivity index (χ1v) is 9.85. The third kappa shape index (κ3) is 5.59. The van der Waals surface area contributed by atoms with Gasteiger partial charge in [-0.2, -0.15) is 5.10 Å². The Balaban J connectivity index is 1.71. The monoisotopic (exact) mass is 441 g/mol. The summed E-state index contributed by atoms with van der Waals surface area (Å²) >= 11 is 7.14. The second-order valence-corrected chi connectivity index (χ2v) is 7.52. The molecular formula is C21H16ClN3O4S. The number of nitro groups is 1. The molecule has 0 saturated heterocycles. The van der Waals surface area contributed by atoms with Crippen LogP contribution in [0.5, 0.6) is 5.75 Å². The summed E-state index contributed by atoms with van der Waals surface area (Å²) in [5.74, 6) is 0.234. The van der Waals surface area contributed by atoms with Crippen molar-refractivity contribution in [2.24, 2.45) is 5.10 Å². The summed E-state index contributed by atoms with van der Waals surface area (Å²) in [6.45, 7) is 0. The normalized spacial score (nSPS) is 10.7. The predicted octanol–water partition coefficient (Wildman–Crippen LogP) is 5.17. The van der Waals surface area contributed by atoms with Crippen LogP contribution in [0.15, 0.2) is 81.6 Å². The summed E-state index contributed by atoms with van der Waals surface area (Å²) in [4.78, 5) is 24.5. The van der Waals surface area contributed by atoms with E-state index in [-0.39, 0.29) is 5.69 Å². The maximum atomic E-state index is 12.1. The number of benzene rings is 3. The highest BCUT2D eigenvalue weighted by atomic mass is 35.5. The van der Waals surface area contributed by atoms with E-state index in [4.69, 9.17) is 16.3 Å². The van der Waals surface area contributed by atoms with Crippen LogP contribution in [0.3, 0.4) is 0 Å². The van der Waals surface area contributed by atoms with Crippen LogP contribution < -0.4 is 10.2 Å². The summed E-state index contributed by atoms with van der Waals surface area (Å²) in [6, 6.07) is 18.3. The lowest BCUT2D eigenvalue weighted by molar-refractivity contribution is -0.387. The highest BCUT2D eigenvalue weighted by Gasteiger charge is 2.15. The summed E-state index contributed by atoms with van der Waals surface area (Å²) in [5, 5.41) is 16.0. The summed E-state index contributed by atoms with van der Waals surface area (Å²) < 4.78 is 5.05. The van der Waals surface area contributed by atoms with Crippen molar-refractivity contribution in [1.29, 1.82) is 0 Å². The number of carbonyl (C=O) groups excluding carboxylic acids is 1. The summed E-state index contributed by atoms with van der Waals surface area (Å²) in [5.41, 5.74) is 3.23. The van der Waals surface area contributed by atoms with E-state index in [2.05, 4.69) is 10.5 Å². The first-order chi connectivity index (χ1) is 14.5. The molecule has 3 aromatic carbocycles. The molecule has 0 atom stereocenters. The minimum Gasteiger partial charge on any atom is -0.497 e. The van der Waals surface area contributed by atoms with Crippen LogP contribution >= 0.6 is 23.4 Å². The van der Waals surface area contributed by atoms with Crippen molar-refractivity contribution in [3.63, 3.8) is 0 Å². The molecule has 0 aliphatic heterocycles. The number of hydrazone groups is 1. The average molecular weight is 442 g/mol. The van der Waals surface area contributed by atoms with Gasteiger partial charge in [-0.25, -0.2) is 5.43 Å². The number of hydrogen-bond donors (Lipinski definition) is 1. The Hall–Kier alpha value is -3.36. The van der Waals surface area contributed by atoms with E-state index in [0.29, 0.717) is 26.8 Å². The van der Waals surface area contributed by atoms with Gasteiger partial charge < -0.3 is 4.74 Å². The fourth-order valence-corrected chi connectivity index (χ4v) is 3.47. The molecule has 0 aliphatic carbocycles. The molecule has 1 N–H and O–H groups in total. The van der Waals surface area contributed by atoms with E-state index in [1.54, 1.807) is 60.7 Å². The Labute approximate surface area is 181 Å². The molecule has 3 aromatic rings. The second-order valence-electron chi connectivity index (χ2n) is 5.97. The van der Waals surface area contributed by atoms with E-state index < -0.39 is 10.8 Å². The van der Waals surface area contributed by atoms with Crippen LogP contribution in [0.25, 0.3) is 0 Å². The maximum Gasteiger partial charge on any atom is 0.283 e. The molecule has 0 fully saturated rings. The number of amides is 1. The smallest absolute Gasteiger partial charge is 0.283 e. The lowest BCUT2D eigenvalue weighted by Gasteiger charge is -2.05. The fraction of sp³-hybridized carbons (Fsp3) is 0.0476. The number of nitro benzene ring substituents is 1. The number of nitrogens with zero attached hydrogens (tertiary/aromatic N) is 2. The number of halogens is 1. The molecule has 3 rings (SSSR count). The number of carbonyl (C=O) groups is 1. The SMILES string of the molecule is COc1ccc(C(=O)N/N=C/c2ccc(Sc3ccc(Cl)cc3)c([N+](=O)[O-])c2)cc1. The number of ether oxygens (including phenoxy) is 1. The van der Waals surface area contributed by atoms with Gasteiger partial charge in [-0.3, -0.25) is 14.9 Å². The molecule has 30 heavy (non-hydrogen) atoms. The van der Waals surface area contributed by atoms with Crippen molar-refractivity contribution in [2.75, 3.05) is 7.11 Å². The van der Waals surface area contributed by atoms with Crippen molar-refractivity contribution < 1.29 is 14.5 Å². The minimum atomic E-state index is -0.453. The van der Waals surface area contributed by atoms with Gasteiger partial charge in [-0.05, 0) is 54.6 Å². The fourth-order valence-electron chi connectivity index (χ4n) is 2.45. The molecule has 1 amide bonds. The molecule has 152 valence electrons. The lowest BCUT2D eigenvalue weighted by atomic mass is 10.2. The summed E-state index contributed by atoms with van der Waals surface area (Å²) in [7, 11) is 1.54.